The maximum atomic E-state index is 12.4. The summed E-state index contributed by atoms with van der Waals surface area (Å²) in [5.41, 5.74) is -2.78. The summed E-state index contributed by atoms with van der Waals surface area (Å²) in [6.45, 7) is 16.1. The summed E-state index contributed by atoms with van der Waals surface area (Å²) in [4.78, 5) is 0. The molecule has 4 saturated carbocycles. The predicted octanol–water partition coefficient (Wildman–Crippen LogP) is -0.567. The van der Waals surface area contributed by atoms with Gasteiger partial charge in [0.25, 0.3) is 0 Å². The van der Waals surface area contributed by atoms with Crippen LogP contribution in [0.5, 0.6) is 0 Å². The van der Waals surface area contributed by atoms with E-state index in [0.717, 1.165) is 32.1 Å². The summed E-state index contributed by atoms with van der Waals surface area (Å²) in [5.74, 6) is 0.189. The molecule has 0 aromatic carbocycles. The summed E-state index contributed by atoms with van der Waals surface area (Å²) in [5, 5.41) is 119. The van der Waals surface area contributed by atoms with Crippen LogP contribution in [0.4, 0.5) is 0 Å². The highest BCUT2D eigenvalue weighted by Gasteiger charge is 2.72. The molecule has 11 N–H and O–H groups in total. The van der Waals surface area contributed by atoms with E-state index in [2.05, 4.69) is 41.5 Å². The van der Waals surface area contributed by atoms with Gasteiger partial charge in [-0.3, -0.25) is 0 Å². The van der Waals surface area contributed by atoms with Crippen molar-refractivity contribution in [1.82, 2.24) is 0 Å². The Morgan fingerprint density at radius 3 is 1.81 bits per heavy atom. The van der Waals surface area contributed by atoms with Gasteiger partial charge in [0.1, 0.15) is 67.1 Å². The smallest absolute Gasteiger partial charge is 0.187 e. The van der Waals surface area contributed by atoms with E-state index in [0.29, 0.717) is 19.3 Å². The molecule has 25 unspecified atom stereocenters. The van der Waals surface area contributed by atoms with Gasteiger partial charge in [0.15, 0.2) is 18.9 Å². The standard InChI is InChI=1S/C46H78O18/c1-41(2)26-10-14-44(6)27(15-21(47)29-20(9-13-45(29,44)7)46(8)16-22(48)37(57)42(3,4)64-46)43(26,5)12-11-28(41)62-40-36(63-39-35(56)31(52)24(50)18-59-39)33(54)32(53)25(61-40)19-60-38-34(55)30(51)23(49)17-58-38/h20-40,47-57H,9-19H2,1-8H3. The average Bonchev–Trinajstić information content (AvgIpc) is 3.61. The van der Waals surface area contributed by atoms with Gasteiger partial charge in [-0.15, -0.1) is 0 Å². The first kappa shape index (κ1) is 49.7. The molecule has 0 radical (unpaired) electrons. The predicted molar refractivity (Wildman–Crippen MR) is 222 cm³/mol. The van der Waals surface area contributed by atoms with Crippen molar-refractivity contribution in [2.24, 2.45) is 45.3 Å². The number of hydrogen-bond donors (Lipinski definition) is 11. The van der Waals surface area contributed by atoms with Crippen molar-refractivity contribution in [2.75, 3.05) is 19.8 Å². The minimum atomic E-state index is -1.71. The molecule has 0 bridgehead atoms. The second-order valence-corrected chi connectivity index (χ2v) is 23.1. The Kier molecular flexibility index (Phi) is 13.4. The molecule has 64 heavy (non-hydrogen) atoms. The molecule has 0 aromatic rings. The fourth-order valence-electron chi connectivity index (χ4n) is 15.2. The molecule has 4 aliphatic heterocycles. The molecule has 0 spiro atoms. The van der Waals surface area contributed by atoms with Crippen LogP contribution in [0.15, 0.2) is 0 Å². The molecule has 4 saturated heterocycles. The summed E-state index contributed by atoms with van der Waals surface area (Å²) < 4.78 is 42.7. The lowest BCUT2D eigenvalue weighted by Crippen LogP contribution is -2.68. The molecule has 370 valence electrons. The number of hydrogen-bond acceptors (Lipinski definition) is 18. The number of rotatable bonds is 8. The quantitative estimate of drug-likeness (QED) is 0.136. The second-order valence-electron chi connectivity index (χ2n) is 23.1. The van der Waals surface area contributed by atoms with Gasteiger partial charge in [-0.1, -0.05) is 34.6 Å². The third-order valence-electron chi connectivity index (χ3n) is 18.9. The van der Waals surface area contributed by atoms with Gasteiger partial charge in [0.05, 0.1) is 49.3 Å². The van der Waals surface area contributed by atoms with Gasteiger partial charge < -0.3 is 89.3 Å². The summed E-state index contributed by atoms with van der Waals surface area (Å²) in [6, 6.07) is 0. The Morgan fingerprint density at radius 2 is 1.17 bits per heavy atom. The summed E-state index contributed by atoms with van der Waals surface area (Å²) >= 11 is 0. The summed E-state index contributed by atoms with van der Waals surface area (Å²) in [7, 11) is 0. The first-order valence-electron chi connectivity index (χ1n) is 23.7. The molecular formula is C46H78O18. The fraction of sp³-hybridized carbons (Fsp3) is 1.00. The van der Waals surface area contributed by atoms with Crippen LogP contribution in [0.25, 0.3) is 0 Å². The second kappa shape index (κ2) is 17.3. The Balaban J connectivity index is 1.02. The minimum Gasteiger partial charge on any atom is -0.393 e. The zero-order valence-corrected chi connectivity index (χ0v) is 38.7. The maximum absolute atomic E-state index is 12.4. The lowest BCUT2D eigenvalue weighted by atomic mass is 9.35. The zero-order valence-electron chi connectivity index (χ0n) is 38.7. The molecule has 0 amide bonds. The van der Waals surface area contributed by atoms with Crippen molar-refractivity contribution < 1.29 is 89.3 Å². The van der Waals surface area contributed by atoms with E-state index in [-0.39, 0.29) is 53.1 Å². The molecule has 18 heteroatoms. The van der Waals surface area contributed by atoms with Crippen LogP contribution in [0.3, 0.4) is 0 Å². The highest BCUT2D eigenvalue weighted by molar-refractivity contribution is 5.21. The van der Waals surface area contributed by atoms with Crippen LogP contribution in [0, 0.1) is 45.3 Å². The molecular weight excluding hydrogens is 840 g/mol. The third-order valence-corrected chi connectivity index (χ3v) is 18.9. The van der Waals surface area contributed by atoms with Crippen LogP contribution >= 0.6 is 0 Å². The van der Waals surface area contributed by atoms with Gasteiger partial charge in [-0.05, 0) is 111 Å². The van der Waals surface area contributed by atoms with Crippen LogP contribution in [0.1, 0.15) is 107 Å². The molecule has 25 atom stereocenters. The zero-order chi connectivity index (χ0) is 46.9. The van der Waals surface area contributed by atoms with Gasteiger partial charge >= 0.3 is 0 Å². The van der Waals surface area contributed by atoms with E-state index in [4.69, 9.17) is 33.2 Å². The number of fused-ring (bicyclic) bond motifs is 5. The van der Waals surface area contributed by atoms with Crippen molar-refractivity contribution in [1.29, 1.82) is 0 Å². The lowest BCUT2D eigenvalue weighted by molar-refractivity contribution is -0.375. The Morgan fingerprint density at radius 1 is 0.562 bits per heavy atom. The van der Waals surface area contributed by atoms with Crippen LogP contribution < -0.4 is 0 Å². The molecule has 4 aliphatic carbocycles. The Bertz CT molecular complexity index is 1650. The first-order chi connectivity index (χ1) is 29.7. The van der Waals surface area contributed by atoms with E-state index in [9.17, 15) is 56.2 Å². The number of aliphatic hydroxyl groups is 11. The number of ether oxygens (including phenoxy) is 7. The van der Waals surface area contributed by atoms with Crippen molar-refractivity contribution >= 4 is 0 Å². The van der Waals surface area contributed by atoms with E-state index in [1.807, 2.05) is 13.8 Å². The average molecular weight is 919 g/mol. The molecule has 0 aromatic heterocycles. The molecule has 8 rings (SSSR count). The number of aliphatic hydroxyl groups excluding tert-OH is 11. The lowest BCUT2D eigenvalue weighted by Gasteiger charge is -2.71. The molecule has 8 fully saturated rings. The summed E-state index contributed by atoms with van der Waals surface area (Å²) in [6.07, 6.45) is -16.9. The molecule has 8 aliphatic rings. The molecule has 4 heterocycles. The fourth-order valence-corrected chi connectivity index (χ4v) is 15.2. The monoisotopic (exact) mass is 919 g/mol. The van der Waals surface area contributed by atoms with Crippen LogP contribution in [-0.4, -0.2) is 192 Å². The molecule has 18 nitrogen and oxygen atoms in total. The van der Waals surface area contributed by atoms with Crippen LogP contribution in [-0.2, 0) is 33.2 Å². The van der Waals surface area contributed by atoms with Crippen molar-refractivity contribution in [3.63, 3.8) is 0 Å². The topological polar surface area (TPSA) is 287 Å². The maximum Gasteiger partial charge on any atom is 0.187 e. The van der Waals surface area contributed by atoms with Gasteiger partial charge in [0.2, 0.25) is 0 Å². The van der Waals surface area contributed by atoms with Crippen molar-refractivity contribution in [3.8, 4) is 0 Å². The first-order valence-corrected chi connectivity index (χ1v) is 23.7. The SMILES string of the molecule is CC1(C)OC(C)(C2CCC3(C)C2C(O)CC2C4(C)CCC(OC5OC(COC6OCC(O)C(O)C6O)C(O)C(O)C5OC5OCC(O)C(O)C5O)C(C)(C)C4CCC23C)CC(O)C1O. The van der Waals surface area contributed by atoms with E-state index < -0.39 is 128 Å². The van der Waals surface area contributed by atoms with E-state index in [1.165, 1.54) is 0 Å². The third kappa shape index (κ3) is 7.86. The van der Waals surface area contributed by atoms with Gasteiger partial charge in [0, 0.05) is 6.42 Å². The van der Waals surface area contributed by atoms with Gasteiger partial charge in [-0.25, -0.2) is 0 Å². The van der Waals surface area contributed by atoms with Gasteiger partial charge in [-0.2, -0.15) is 0 Å². The van der Waals surface area contributed by atoms with E-state index in [1.54, 1.807) is 0 Å². The minimum absolute atomic E-state index is 0.0141. The Hall–Kier alpha value is -0.720. The largest absolute Gasteiger partial charge is 0.393 e. The normalized spacial score (nSPS) is 57.3. The van der Waals surface area contributed by atoms with Crippen molar-refractivity contribution in [3.05, 3.63) is 0 Å². The van der Waals surface area contributed by atoms with Crippen molar-refractivity contribution in [2.45, 2.75) is 222 Å². The highest BCUT2D eigenvalue weighted by Crippen LogP contribution is 2.76. The van der Waals surface area contributed by atoms with Crippen LogP contribution in [0.2, 0.25) is 0 Å². The Labute approximate surface area is 376 Å². The van der Waals surface area contributed by atoms with E-state index >= 15 is 0 Å². The highest BCUT2D eigenvalue weighted by atomic mass is 16.8.